The minimum Gasteiger partial charge on any atom is -0.478 e. The largest absolute Gasteiger partial charge is 0.478 e. The van der Waals surface area contributed by atoms with E-state index in [0.717, 1.165) is 36.9 Å². The topological polar surface area (TPSA) is 57.6 Å². The van der Waals surface area contributed by atoms with Gasteiger partial charge in [0.15, 0.2) is 0 Å². The second-order valence-electron chi connectivity index (χ2n) is 4.90. The van der Waals surface area contributed by atoms with Gasteiger partial charge in [0.2, 0.25) is 5.91 Å². The molecule has 0 saturated carbocycles. The summed E-state index contributed by atoms with van der Waals surface area (Å²) in [5, 5.41) is 9.01. The second-order valence-corrected chi connectivity index (χ2v) is 4.90. The van der Waals surface area contributed by atoms with E-state index in [1.54, 1.807) is 17.0 Å². The van der Waals surface area contributed by atoms with E-state index < -0.39 is 5.97 Å². The summed E-state index contributed by atoms with van der Waals surface area (Å²) in [4.78, 5) is 24.9. The zero-order valence-corrected chi connectivity index (χ0v) is 11.2. The van der Waals surface area contributed by atoms with Gasteiger partial charge in [0.25, 0.3) is 0 Å². The molecule has 1 amide bonds. The smallest absolute Gasteiger partial charge is 0.335 e. The molecule has 0 unspecified atom stereocenters. The lowest BCUT2D eigenvalue weighted by atomic mass is 10.1. The number of amides is 1. The number of benzene rings is 1. The molecule has 0 atom stereocenters. The highest BCUT2D eigenvalue weighted by Crippen LogP contribution is 2.29. The third-order valence-electron chi connectivity index (χ3n) is 3.52. The summed E-state index contributed by atoms with van der Waals surface area (Å²) >= 11 is 0. The Morgan fingerprint density at radius 3 is 2.79 bits per heavy atom. The van der Waals surface area contributed by atoms with Crippen LogP contribution in [-0.2, 0) is 11.2 Å². The molecule has 0 saturated heterocycles. The van der Waals surface area contributed by atoms with Crippen molar-refractivity contribution in [3.05, 3.63) is 29.3 Å². The fourth-order valence-corrected chi connectivity index (χ4v) is 2.43. The average Bonchev–Trinajstić information content (AvgIpc) is 2.81. The lowest BCUT2D eigenvalue weighted by Gasteiger charge is -2.17. The highest BCUT2D eigenvalue weighted by atomic mass is 16.4. The molecule has 4 heteroatoms. The van der Waals surface area contributed by atoms with E-state index in [0.29, 0.717) is 13.0 Å². The SMILES string of the molecule is CCCCCC(=O)N1CCc2ccc(C(=O)O)cc21. The molecule has 2 rings (SSSR count). The fourth-order valence-electron chi connectivity index (χ4n) is 2.43. The molecule has 0 fully saturated rings. The van der Waals surface area contributed by atoms with Gasteiger partial charge in [-0.2, -0.15) is 0 Å². The summed E-state index contributed by atoms with van der Waals surface area (Å²) in [6, 6.07) is 5.03. The summed E-state index contributed by atoms with van der Waals surface area (Å²) in [5.74, 6) is -0.845. The number of rotatable bonds is 5. The number of carbonyl (C=O) groups is 2. The highest BCUT2D eigenvalue weighted by Gasteiger charge is 2.25. The summed E-state index contributed by atoms with van der Waals surface area (Å²) in [6.45, 7) is 2.78. The number of hydrogen-bond donors (Lipinski definition) is 1. The van der Waals surface area contributed by atoms with Gasteiger partial charge >= 0.3 is 5.97 Å². The number of fused-ring (bicyclic) bond motifs is 1. The average molecular weight is 261 g/mol. The van der Waals surface area contributed by atoms with Crippen LogP contribution in [0, 0.1) is 0 Å². The number of nitrogens with zero attached hydrogens (tertiary/aromatic N) is 1. The van der Waals surface area contributed by atoms with Crippen LogP contribution in [0.4, 0.5) is 5.69 Å². The number of carboxylic acids is 1. The first-order valence-corrected chi connectivity index (χ1v) is 6.80. The summed E-state index contributed by atoms with van der Waals surface area (Å²) in [5.41, 5.74) is 2.09. The fraction of sp³-hybridized carbons (Fsp3) is 0.467. The third-order valence-corrected chi connectivity index (χ3v) is 3.52. The second kappa shape index (κ2) is 5.87. The molecular formula is C15H19NO3. The molecule has 1 aromatic rings. The molecule has 0 radical (unpaired) electrons. The Balaban J connectivity index is 2.13. The van der Waals surface area contributed by atoms with E-state index >= 15 is 0 Å². The molecule has 0 spiro atoms. The molecule has 1 heterocycles. The zero-order valence-electron chi connectivity index (χ0n) is 11.2. The highest BCUT2D eigenvalue weighted by molar-refractivity contribution is 5.97. The van der Waals surface area contributed by atoms with Crippen molar-refractivity contribution in [2.75, 3.05) is 11.4 Å². The quantitative estimate of drug-likeness (QED) is 0.829. The van der Waals surface area contributed by atoms with Crippen molar-refractivity contribution in [2.24, 2.45) is 0 Å². The van der Waals surface area contributed by atoms with Crippen molar-refractivity contribution in [3.8, 4) is 0 Å². The first kappa shape index (κ1) is 13.6. The minimum atomic E-state index is -0.951. The first-order valence-electron chi connectivity index (χ1n) is 6.80. The Morgan fingerprint density at radius 2 is 2.11 bits per heavy atom. The zero-order chi connectivity index (χ0) is 13.8. The van der Waals surface area contributed by atoms with Crippen molar-refractivity contribution >= 4 is 17.6 Å². The maximum Gasteiger partial charge on any atom is 0.335 e. The number of unbranched alkanes of at least 4 members (excludes halogenated alkanes) is 2. The maximum atomic E-state index is 12.1. The molecule has 1 aromatic carbocycles. The summed E-state index contributed by atoms with van der Waals surface area (Å²) in [6.07, 6.45) is 4.41. The van der Waals surface area contributed by atoms with E-state index in [-0.39, 0.29) is 11.5 Å². The monoisotopic (exact) mass is 261 g/mol. The van der Waals surface area contributed by atoms with Gasteiger partial charge in [-0.25, -0.2) is 4.79 Å². The van der Waals surface area contributed by atoms with Crippen LogP contribution in [0.2, 0.25) is 0 Å². The van der Waals surface area contributed by atoms with Crippen LogP contribution in [-0.4, -0.2) is 23.5 Å². The molecule has 1 aliphatic heterocycles. The van der Waals surface area contributed by atoms with Gasteiger partial charge in [-0.05, 0) is 30.5 Å². The molecule has 0 aromatic heterocycles. The predicted molar refractivity (Wildman–Crippen MR) is 73.6 cm³/mol. The van der Waals surface area contributed by atoms with Crippen molar-refractivity contribution in [2.45, 2.75) is 39.0 Å². The number of hydrogen-bond acceptors (Lipinski definition) is 2. The molecule has 0 aliphatic carbocycles. The number of carboxylic acid groups (broad SMARTS) is 1. The number of anilines is 1. The van der Waals surface area contributed by atoms with Crippen molar-refractivity contribution < 1.29 is 14.7 Å². The molecular weight excluding hydrogens is 242 g/mol. The Bertz CT molecular complexity index is 496. The number of aromatic carboxylic acids is 1. The molecule has 0 bridgehead atoms. The Labute approximate surface area is 113 Å². The number of carbonyl (C=O) groups excluding carboxylic acids is 1. The van der Waals surface area contributed by atoms with E-state index in [1.165, 1.54) is 0 Å². The van der Waals surface area contributed by atoms with E-state index in [1.807, 2.05) is 6.07 Å². The van der Waals surface area contributed by atoms with Crippen LogP contribution in [0.25, 0.3) is 0 Å². The van der Waals surface area contributed by atoms with Crippen LogP contribution in [0.1, 0.15) is 48.5 Å². The van der Waals surface area contributed by atoms with E-state index in [2.05, 4.69) is 6.92 Å². The normalized spacial score (nSPS) is 13.4. The van der Waals surface area contributed by atoms with Crippen molar-refractivity contribution in [1.82, 2.24) is 0 Å². The van der Waals surface area contributed by atoms with E-state index in [4.69, 9.17) is 5.11 Å². The first-order chi connectivity index (χ1) is 9.13. The van der Waals surface area contributed by atoms with Gasteiger partial charge in [-0.15, -0.1) is 0 Å². The van der Waals surface area contributed by atoms with Gasteiger partial charge in [0.1, 0.15) is 0 Å². The van der Waals surface area contributed by atoms with Crippen LogP contribution >= 0.6 is 0 Å². The summed E-state index contributed by atoms with van der Waals surface area (Å²) in [7, 11) is 0. The van der Waals surface area contributed by atoms with Crippen LogP contribution in [0.3, 0.4) is 0 Å². The molecule has 1 aliphatic rings. The van der Waals surface area contributed by atoms with Gasteiger partial charge < -0.3 is 10.0 Å². The van der Waals surface area contributed by atoms with Gasteiger partial charge in [-0.1, -0.05) is 25.8 Å². The predicted octanol–water partition coefficient (Wildman–Crippen LogP) is 2.85. The Morgan fingerprint density at radius 1 is 1.32 bits per heavy atom. The van der Waals surface area contributed by atoms with Crippen LogP contribution in [0.15, 0.2) is 18.2 Å². The standard InChI is InChI=1S/C15H19NO3/c1-2-3-4-5-14(17)16-9-8-11-6-7-12(15(18)19)10-13(11)16/h6-7,10H,2-5,8-9H2,1H3,(H,18,19). The van der Waals surface area contributed by atoms with E-state index in [9.17, 15) is 9.59 Å². The van der Waals surface area contributed by atoms with Crippen LogP contribution < -0.4 is 4.90 Å². The van der Waals surface area contributed by atoms with Crippen LogP contribution in [0.5, 0.6) is 0 Å². The summed E-state index contributed by atoms with van der Waals surface area (Å²) < 4.78 is 0. The lowest BCUT2D eigenvalue weighted by molar-refractivity contribution is -0.118. The molecule has 102 valence electrons. The minimum absolute atomic E-state index is 0.106. The van der Waals surface area contributed by atoms with Crippen molar-refractivity contribution in [3.63, 3.8) is 0 Å². The third kappa shape index (κ3) is 2.95. The Kier molecular flexibility index (Phi) is 4.20. The lowest BCUT2D eigenvalue weighted by Crippen LogP contribution is -2.28. The van der Waals surface area contributed by atoms with Gasteiger partial charge in [0.05, 0.1) is 5.56 Å². The molecule has 1 N–H and O–H groups in total. The maximum absolute atomic E-state index is 12.1. The van der Waals surface area contributed by atoms with Gasteiger partial charge in [-0.3, -0.25) is 4.79 Å². The molecule has 19 heavy (non-hydrogen) atoms. The molecule has 4 nitrogen and oxygen atoms in total. The van der Waals surface area contributed by atoms with Crippen molar-refractivity contribution in [1.29, 1.82) is 0 Å². The Hall–Kier alpha value is -1.84. The van der Waals surface area contributed by atoms with Gasteiger partial charge in [0, 0.05) is 18.7 Å².